The number of rotatable bonds is 5. The highest BCUT2D eigenvalue weighted by Gasteiger charge is 2.10. The lowest BCUT2D eigenvalue weighted by atomic mass is 10.2. The molecule has 1 heterocycles. The number of thioether (sulfide) groups is 1. The number of carbonyl (C=O) groups is 1. The molecule has 0 spiro atoms. The summed E-state index contributed by atoms with van der Waals surface area (Å²) in [5, 5.41) is 11.6. The molecule has 0 saturated carbocycles. The number of anilines is 1. The lowest BCUT2D eigenvalue weighted by Crippen LogP contribution is -2.14. The normalized spacial score (nSPS) is 10.5. The summed E-state index contributed by atoms with van der Waals surface area (Å²) in [6.45, 7) is 2.04. The van der Waals surface area contributed by atoms with Crippen molar-refractivity contribution in [2.24, 2.45) is 0 Å². The molecule has 0 bridgehead atoms. The van der Waals surface area contributed by atoms with Crippen molar-refractivity contribution in [2.75, 3.05) is 11.1 Å². The summed E-state index contributed by atoms with van der Waals surface area (Å²) >= 11 is 1.36. The summed E-state index contributed by atoms with van der Waals surface area (Å²) in [5.74, 6) is 0.207. The predicted octanol–water partition coefficient (Wildman–Crippen LogP) is 3.31. The molecule has 0 aliphatic heterocycles. The highest BCUT2D eigenvalue weighted by molar-refractivity contribution is 7.99. The van der Waals surface area contributed by atoms with Gasteiger partial charge in [0.05, 0.1) is 5.75 Å². The SMILES string of the molecule is Cc1ccc(-n2cnnc2SCC(=O)Nc2ccccc2)cc1. The van der Waals surface area contributed by atoms with Crippen LogP contribution in [0.2, 0.25) is 0 Å². The molecule has 3 aromatic rings. The summed E-state index contributed by atoms with van der Waals surface area (Å²) < 4.78 is 1.87. The van der Waals surface area contributed by atoms with Crippen molar-refractivity contribution in [1.29, 1.82) is 0 Å². The first-order chi connectivity index (χ1) is 11.2. The second kappa shape index (κ2) is 7.11. The molecular weight excluding hydrogens is 308 g/mol. The van der Waals surface area contributed by atoms with Gasteiger partial charge in [0.1, 0.15) is 6.33 Å². The summed E-state index contributed by atoms with van der Waals surface area (Å²) in [4.78, 5) is 12.0. The number of hydrogen-bond acceptors (Lipinski definition) is 4. The standard InChI is InChI=1S/C17H16N4OS/c1-13-7-9-15(10-8-13)21-12-18-20-17(21)23-11-16(22)19-14-5-3-2-4-6-14/h2-10,12H,11H2,1H3,(H,19,22). The van der Waals surface area contributed by atoms with Gasteiger partial charge in [0, 0.05) is 11.4 Å². The van der Waals surface area contributed by atoms with E-state index < -0.39 is 0 Å². The smallest absolute Gasteiger partial charge is 0.234 e. The fourth-order valence-electron chi connectivity index (χ4n) is 2.05. The summed E-state index contributed by atoms with van der Waals surface area (Å²) in [5.41, 5.74) is 2.96. The summed E-state index contributed by atoms with van der Waals surface area (Å²) in [6, 6.07) is 17.5. The third-order valence-electron chi connectivity index (χ3n) is 3.22. The topological polar surface area (TPSA) is 59.8 Å². The maximum atomic E-state index is 12.0. The zero-order valence-electron chi connectivity index (χ0n) is 12.6. The first-order valence-corrected chi connectivity index (χ1v) is 8.16. The molecule has 0 saturated heterocycles. The predicted molar refractivity (Wildman–Crippen MR) is 91.9 cm³/mol. The van der Waals surface area contributed by atoms with E-state index in [1.54, 1.807) is 6.33 Å². The first kappa shape index (κ1) is 15.3. The third kappa shape index (κ3) is 3.98. The molecule has 0 aliphatic carbocycles. The van der Waals surface area contributed by atoms with Crippen LogP contribution in [0, 0.1) is 6.92 Å². The zero-order chi connectivity index (χ0) is 16.1. The van der Waals surface area contributed by atoms with E-state index in [-0.39, 0.29) is 11.7 Å². The Labute approximate surface area is 138 Å². The van der Waals surface area contributed by atoms with Gasteiger partial charge in [-0.25, -0.2) is 0 Å². The van der Waals surface area contributed by atoms with Gasteiger partial charge < -0.3 is 5.32 Å². The van der Waals surface area contributed by atoms with Gasteiger partial charge in [0.15, 0.2) is 5.16 Å². The molecule has 0 radical (unpaired) electrons. The molecule has 2 aromatic carbocycles. The van der Waals surface area contributed by atoms with Crippen molar-refractivity contribution in [1.82, 2.24) is 14.8 Å². The van der Waals surface area contributed by atoms with Gasteiger partial charge in [0.25, 0.3) is 0 Å². The molecule has 0 fully saturated rings. The minimum Gasteiger partial charge on any atom is -0.325 e. The van der Waals surface area contributed by atoms with E-state index in [0.29, 0.717) is 5.16 Å². The number of aryl methyl sites for hydroxylation is 1. The van der Waals surface area contributed by atoms with E-state index in [0.717, 1.165) is 11.4 Å². The Bertz CT molecular complexity index is 784. The number of aromatic nitrogens is 3. The van der Waals surface area contributed by atoms with Gasteiger partial charge in [-0.05, 0) is 31.2 Å². The average molecular weight is 324 g/mol. The lowest BCUT2D eigenvalue weighted by molar-refractivity contribution is -0.113. The van der Waals surface area contributed by atoms with Gasteiger partial charge in [-0.2, -0.15) is 0 Å². The van der Waals surface area contributed by atoms with E-state index in [1.165, 1.54) is 17.3 Å². The Balaban J connectivity index is 1.64. The number of hydrogen-bond donors (Lipinski definition) is 1. The number of benzene rings is 2. The van der Waals surface area contributed by atoms with Crippen LogP contribution in [0.3, 0.4) is 0 Å². The number of nitrogens with zero attached hydrogens (tertiary/aromatic N) is 3. The number of para-hydroxylation sites is 1. The lowest BCUT2D eigenvalue weighted by Gasteiger charge is -2.07. The molecule has 6 heteroatoms. The molecule has 5 nitrogen and oxygen atoms in total. The van der Waals surface area contributed by atoms with E-state index in [9.17, 15) is 4.79 Å². The second-order valence-corrected chi connectivity index (χ2v) is 5.96. The van der Waals surface area contributed by atoms with Crippen LogP contribution in [-0.4, -0.2) is 26.4 Å². The zero-order valence-corrected chi connectivity index (χ0v) is 13.5. The van der Waals surface area contributed by atoms with Gasteiger partial charge in [-0.15, -0.1) is 10.2 Å². The van der Waals surface area contributed by atoms with Crippen molar-refractivity contribution in [3.05, 3.63) is 66.5 Å². The largest absolute Gasteiger partial charge is 0.325 e. The molecule has 1 amide bonds. The number of nitrogens with one attached hydrogen (secondary N) is 1. The summed E-state index contributed by atoms with van der Waals surface area (Å²) in [6.07, 6.45) is 1.65. The molecule has 0 aliphatic rings. The van der Waals surface area contributed by atoms with Crippen LogP contribution in [-0.2, 0) is 4.79 Å². The highest BCUT2D eigenvalue weighted by Crippen LogP contribution is 2.20. The van der Waals surface area contributed by atoms with E-state index in [1.807, 2.05) is 66.1 Å². The molecule has 116 valence electrons. The van der Waals surface area contributed by atoms with Crippen LogP contribution in [0.5, 0.6) is 0 Å². The minimum absolute atomic E-state index is 0.0698. The Kier molecular flexibility index (Phi) is 4.73. The Morgan fingerprint density at radius 2 is 1.87 bits per heavy atom. The van der Waals surface area contributed by atoms with Crippen LogP contribution in [0.25, 0.3) is 5.69 Å². The number of carbonyl (C=O) groups excluding carboxylic acids is 1. The molecule has 3 rings (SSSR count). The van der Waals surface area contributed by atoms with Gasteiger partial charge in [-0.3, -0.25) is 9.36 Å². The van der Waals surface area contributed by atoms with Crippen LogP contribution in [0.4, 0.5) is 5.69 Å². The molecular formula is C17H16N4OS. The van der Waals surface area contributed by atoms with Gasteiger partial charge >= 0.3 is 0 Å². The van der Waals surface area contributed by atoms with Crippen LogP contribution in [0.15, 0.2) is 66.1 Å². The van der Waals surface area contributed by atoms with Crippen molar-refractivity contribution in [2.45, 2.75) is 12.1 Å². The van der Waals surface area contributed by atoms with E-state index in [2.05, 4.69) is 15.5 Å². The van der Waals surface area contributed by atoms with Crippen LogP contribution < -0.4 is 5.32 Å². The van der Waals surface area contributed by atoms with Gasteiger partial charge in [0.2, 0.25) is 5.91 Å². The molecule has 1 aromatic heterocycles. The summed E-state index contributed by atoms with van der Waals surface area (Å²) in [7, 11) is 0. The number of amides is 1. The van der Waals surface area contributed by atoms with Crippen LogP contribution >= 0.6 is 11.8 Å². The fourth-order valence-corrected chi connectivity index (χ4v) is 2.78. The van der Waals surface area contributed by atoms with E-state index >= 15 is 0 Å². The second-order valence-electron chi connectivity index (χ2n) is 5.02. The minimum atomic E-state index is -0.0698. The Hall–Kier alpha value is -2.60. The highest BCUT2D eigenvalue weighted by atomic mass is 32.2. The third-order valence-corrected chi connectivity index (χ3v) is 4.16. The maximum Gasteiger partial charge on any atom is 0.234 e. The molecule has 23 heavy (non-hydrogen) atoms. The first-order valence-electron chi connectivity index (χ1n) is 7.17. The van der Waals surface area contributed by atoms with Crippen LogP contribution in [0.1, 0.15) is 5.56 Å². The molecule has 1 N–H and O–H groups in total. The van der Waals surface area contributed by atoms with E-state index in [4.69, 9.17) is 0 Å². The van der Waals surface area contributed by atoms with Crippen molar-refractivity contribution >= 4 is 23.4 Å². The van der Waals surface area contributed by atoms with Crippen molar-refractivity contribution in [3.63, 3.8) is 0 Å². The maximum absolute atomic E-state index is 12.0. The molecule has 0 atom stereocenters. The van der Waals surface area contributed by atoms with Crippen molar-refractivity contribution < 1.29 is 4.79 Å². The quantitative estimate of drug-likeness (QED) is 0.732. The fraction of sp³-hybridized carbons (Fsp3) is 0.118. The van der Waals surface area contributed by atoms with Crippen molar-refractivity contribution in [3.8, 4) is 5.69 Å². The monoisotopic (exact) mass is 324 g/mol. The van der Waals surface area contributed by atoms with Gasteiger partial charge in [-0.1, -0.05) is 47.7 Å². The Morgan fingerprint density at radius 1 is 1.13 bits per heavy atom. The average Bonchev–Trinajstić information content (AvgIpc) is 3.03. The molecule has 0 unspecified atom stereocenters. The Morgan fingerprint density at radius 3 is 2.61 bits per heavy atom.